The Morgan fingerprint density at radius 1 is 1.25 bits per heavy atom. The van der Waals surface area contributed by atoms with Gasteiger partial charge in [0.15, 0.2) is 0 Å². The molecule has 1 aromatic heterocycles. The number of pyridine rings is 1. The first-order chi connectivity index (χ1) is 11.5. The van der Waals surface area contributed by atoms with Crippen molar-refractivity contribution in [1.82, 2.24) is 15.2 Å². The third-order valence-corrected chi connectivity index (χ3v) is 3.76. The molecule has 0 spiro atoms. The Morgan fingerprint density at radius 3 is 2.75 bits per heavy atom. The van der Waals surface area contributed by atoms with E-state index < -0.39 is 0 Å². The molecule has 0 atom stereocenters. The van der Waals surface area contributed by atoms with Crippen LogP contribution >= 0.6 is 0 Å². The average molecular weight is 326 g/mol. The van der Waals surface area contributed by atoms with Gasteiger partial charge < -0.3 is 16.0 Å². The summed E-state index contributed by atoms with van der Waals surface area (Å²) >= 11 is 0. The lowest BCUT2D eigenvalue weighted by Gasteiger charge is -2.17. The maximum absolute atomic E-state index is 12.2. The molecule has 6 heteroatoms. The molecule has 1 aromatic carbocycles. The summed E-state index contributed by atoms with van der Waals surface area (Å²) in [6.07, 6.45) is 2.40. The van der Waals surface area contributed by atoms with Crippen LogP contribution < -0.4 is 11.1 Å². The van der Waals surface area contributed by atoms with Gasteiger partial charge in [-0.15, -0.1) is 0 Å². The molecule has 0 unspecified atom stereocenters. The number of rotatable bonds is 6. The van der Waals surface area contributed by atoms with Gasteiger partial charge >= 0.3 is 0 Å². The van der Waals surface area contributed by atoms with E-state index in [1.807, 2.05) is 25.1 Å². The Bertz CT molecular complexity index is 716. The van der Waals surface area contributed by atoms with E-state index in [-0.39, 0.29) is 18.4 Å². The Balaban J connectivity index is 1.83. The number of anilines is 1. The predicted octanol–water partition coefficient (Wildman–Crippen LogP) is 1.40. The van der Waals surface area contributed by atoms with Crippen LogP contribution in [-0.2, 0) is 11.2 Å². The molecule has 126 valence electrons. The standard InChI is InChI=1S/C18H22N4O2/c1-13-6-7-14(19)11-16(13)18(24)21-12-17(23)22(2)10-8-15-5-3-4-9-20-15/h3-7,9,11H,8,10,12,19H2,1-2H3,(H,21,24). The van der Waals surface area contributed by atoms with Crippen LogP contribution in [0.25, 0.3) is 0 Å². The first kappa shape index (κ1) is 17.5. The molecular weight excluding hydrogens is 304 g/mol. The molecule has 0 fully saturated rings. The Hall–Kier alpha value is -2.89. The SMILES string of the molecule is Cc1ccc(N)cc1C(=O)NCC(=O)N(C)CCc1ccccn1. The zero-order valence-electron chi connectivity index (χ0n) is 14.0. The number of nitrogen functional groups attached to an aromatic ring is 1. The number of nitrogens with zero attached hydrogens (tertiary/aromatic N) is 2. The molecule has 0 radical (unpaired) electrons. The first-order valence-electron chi connectivity index (χ1n) is 7.75. The fraction of sp³-hybridized carbons (Fsp3) is 0.278. The van der Waals surface area contributed by atoms with Crippen LogP contribution in [0.4, 0.5) is 5.69 Å². The lowest BCUT2D eigenvalue weighted by atomic mass is 10.1. The van der Waals surface area contributed by atoms with Crippen molar-refractivity contribution in [3.63, 3.8) is 0 Å². The molecule has 0 aliphatic carbocycles. The lowest BCUT2D eigenvalue weighted by Crippen LogP contribution is -2.39. The van der Waals surface area contributed by atoms with Crippen LogP contribution in [-0.4, -0.2) is 41.8 Å². The second-order valence-corrected chi connectivity index (χ2v) is 5.64. The number of hydrogen-bond acceptors (Lipinski definition) is 4. The number of nitrogens with one attached hydrogen (secondary N) is 1. The van der Waals surface area contributed by atoms with Gasteiger partial charge in [0.05, 0.1) is 6.54 Å². The fourth-order valence-electron chi connectivity index (χ4n) is 2.22. The van der Waals surface area contributed by atoms with Gasteiger partial charge in [0, 0.05) is 43.2 Å². The van der Waals surface area contributed by atoms with Crippen molar-refractivity contribution in [2.24, 2.45) is 0 Å². The topological polar surface area (TPSA) is 88.3 Å². The highest BCUT2D eigenvalue weighted by Crippen LogP contribution is 2.12. The van der Waals surface area contributed by atoms with Crippen LogP contribution in [0.3, 0.4) is 0 Å². The summed E-state index contributed by atoms with van der Waals surface area (Å²) in [5, 5.41) is 2.64. The van der Waals surface area contributed by atoms with Crippen LogP contribution in [0.15, 0.2) is 42.6 Å². The van der Waals surface area contributed by atoms with E-state index in [1.54, 1.807) is 36.3 Å². The molecule has 0 aliphatic heterocycles. The van der Waals surface area contributed by atoms with Gasteiger partial charge in [0.25, 0.3) is 5.91 Å². The summed E-state index contributed by atoms with van der Waals surface area (Å²) in [7, 11) is 1.71. The molecule has 2 rings (SSSR count). The second-order valence-electron chi connectivity index (χ2n) is 5.64. The van der Waals surface area contributed by atoms with Crippen LogP contribution in [0.1, 0.15) is 21.6 Å². The molecule has 6 nitrogen and oxygen atoms in total. The molecule has 0 saturated carbocycles. The third-order valence-electron chi connectivity index (χ3n) is 3.76. The molecule has 0 bridgehead atoms. The van der Waals surface area contributed by atoms with E-state index in [9.17, 15) is 9.59 Å². The number of carbonyl (C=O) groups excluding carboxylic acids is 2. The average Bonchev–Trinajstić information content (AvgIpc) is 2.60. The summed E-state index contributed by atoms with van der Waals surface area (Å²) < 4.78 is 0. The number of amides is 2. The Kier molecular flexibility index (Phi) is 5.89. The van der Waals surface area contributed by atoms with Gasteiger partial charge in [-0.2, -0.15) is 0 Å². The molecule has 0 aliphatic rings. The van der Waals surface area contributed by atoms with Crippen molar-refractivity contribution in [3.05, 3.63) is 59.4 Å². The minimum absolute atomic E-state index is 0.0498. The van der Waals surface area contributed by atoms with Crippen molar-refractivity contribution in [2.75, 3.05) is 25.9 Å². The molecular formula is C18H22N4O2. The van der Waals surface area contributed by atoms with Crippen molar-refractivity contribution in [1.29, 1.82) is 0 Å². The van der Waals surface area contributed by atoms with Gasteiger partial charge in [-0.25, -0.2) is 0 Å². The largest absolute Gasteiger partial charge is 0.399 e. The molecule has 2 aromatic rings. The summed E-state index contributed by atoms with van der Waals surface area (Å²) in [6, 6.07) is 10.8. The third kappa shape index (κ3) is 4.81. The number of aromatic nitrogens is 1. The molecule has 24 heavy (non-hydrogen) atoms. The maximum atomic E-state index is 12.2. The zero-order chi connectivity index (χ0) is 17.5. The van der Waals surface area contributed by atoms with Gasteiger partial charge in [-0.3, -0.25) is 14.6 Å². The van der Waals surface area contributed by atoms with Crippen LogP contribution in [0, 0.1) is 6.92 Å². The highest BCUT2D eigenvalue weighted by Gasteiger charge is 2.13. The lowest BCUT2D eigenvalue weighted by molar-refractivity contribution is -0.128. The second kappa shape index (κ2) is 8.10. The number of hydrogen-bond donors (Lipinski definition) is 2. The van der Waals surface area contributed by atoms with Crippen molar-refractivity contribution >= 4 is 17.5 Å². The van der Waals surface area contributed by atoms with E-state index in [0.29, 0.717) is 24.2 Å². The number of likely N-dealkylation sites (N-methyl/N-ethyl adjacent to an activating group) is 1. The normalized spacial score (nSPS) is 10.2. The Morgan fingerprint density at radius 2 is 2.04 bits per heavy atom. The number of benzene rings is 1. The van der Waals surface area contributed by atoms with Crippen molar-refractivity contribution in [3.8, 4) is 0 Å². The summed E-state index contributed by atoms with van der Waals surface area (Å²) in [4.78, 5) is 30.1. The zero-order valence-corrected chi connectivity index (χ0v) is 14.0. The van der Waals surface area contributed by atoms with E-state index in [2.05, 4.69) is 10.3 Å². The molecule has 3 N–H and O–H groups in total. The number of aryl methyl sites for hydroxylation is 1. The molecule has 2 amide bonds. The van der Waals surface area contributed by atoms with Gasteiger partial charge in [-0.05, 0) is 36.8 Å². The van der Waals surface area contributed by atoms with E-state index in [0.717, 1.165) is 11.3 Å². The predicted molar refractivity (Wildman–Crippen MR) is 93.5 cm³/mol. The monoisotopic (exact) mass is 326 g/mol. The molecule has 1 heterocycles. The van der Waals surface area contributed by atoms with Gasteiger partial charge in [0.2, 0.25) is 5.91 Å². The number of carbonyl (C=O) groups is 2. The van der Waals surface area contributed by atoms with Crippen molar-refractivity contribution in [2.45, 2.75) is 13.3 Å². The molecule has 0 saturated heterocycles. The highest BCUT2D eigenvalue weighted by atomic mass is 16.2. The minimum atomic E-state index is -0.300. The van der Waals surface area contributed by atoms with Gasteiger partial charge in [-0.1, -0.05) is 12.1 Å². The van der Waals surface area contributed by atoms with Crippen LogP contribution in [0.5, 0.6) is 0 Å². The number of nitrogens with two attached hydrogens (primary N) is 1. The minimum Gasteiger partial charge on any atom is -0.399 e. The quantitative estimate of drug-likeness (QED) is 0.786. The fourth-order valence-corrected chi connectivity index (χ4v) is 2.22. The van der Waals surface area contributed by atoms with E-state index >= 15 is 0 Å². The van der Waals surface area contributed by atoms with E-state index in [1.165, 1.54) is 0 Å². The highest BCUT2D eigenvalue weighted by molar-refractivity contribution is 5.98. The van der Waals surface area contributed by atoms with Crippen molar-refractivity contribution < 1.29 is 9.59 Å². The first-order valence-corrected chi connectivity index (χ1v) is 7.75. The summed E-state index contributed by atoms with van der Waals surface area (Å²) in [5.41, 5.74) is 8.45. The summed E-state index contributed by atoms with van der Waals surface area (Å²) in [5.74, 6) is -0.452. The maximum Gasteiger partial charge on any atom is 0.252 e. The van der Waals surface area contributed by atoms with Crippen LogP contribution in [0.2, 0.25) is 0 Å². The Labute approximate surface area is 141 Å². The summed E-state index contributed by atoms with van der Waals surface area (Å²) in [6.45, 7) is 2.32. The van der Waals surface area contributed by atoms with Gasteiger partial charge in [0.1, 0.15) is 0 Å². The van der Waals surface area contributed by atoms with E-state index in [4.69, 9.17) is 5.73 Å². The smallest absolute Gasteiger partial charge is 0.252 e.